The van der Waals surface area contributed by atoms with Crippen LogP contribution in [0.15, 0.2) is 6.20 Å². The first kappa shape index (κ1) is 19.3. The molecule has 3 N–H and O–H groups in total. The number of hydrogen-bond donors (Lipinski definition) is 3. The van der Waals surface area contributed by atoms with Crippen LogP contribution in [0.3, 0.4) is 0 Å². The first-order chi connectivity index (χ1) is 13.0. The number of carbonyl (C=O) groups is 3. The van der Waals surface area contributed by atoms with E-state index in [1.165, 1.54) is 11.8 Å². The van der Waals surface area contributed by atoms with Gasteiger partial charge in [0.1, 0.15) is 0 Å². The third kappa shape index (κ3) is 3.81. The lowest BCUT2D eigenvalue weighted by Gasteiger charge is -2.23. The van der Waals surface area contributed by atoms with E-state index < -0.39 is 41.8 Å². The number of ether oxygens (including phenoxy) is 2. The Kier molecular flexibility index (Phi) is 5.76. The molecule has 2 aliphatic rings. The van der Waals surface area contributed by atoms with Crippen LogP contribution in [0.25, 0.3) is 0 Å². The van der Waals surface area contributed by atoms with Crippen LogP contribution in [0.5, 0.6) is 0 Å². The number of aliphatic carboxylic acids is 1. The van der Waals surface area contributed by atoms with Crippen molar-refractivity contribution in [3.8, 4) is 0 Å². The lowest BCUT2D eigenvalue weighted by molar-refractivity contribution is -0.147. The highest BCUT2D eigenvalue weighted by atomic mass is 16.5. The molecule has 2 aliphatic heterocycles. The van der Waals surface area contributed by atoms with Gasteiger partial charge in [0.05, 0.1) is 36.3 Å². The summed E-state index contributed by atoms with van der Waals surface area (Å²) >= 11 is 0. The maximum atomic E-state index is 12.8. The van der Waals surface area contributed by atoms with Gasteiger partial charge < -0.3 is 25.2 Å². The molecule has 10 nitrogen and oxygen atoms in total. The van der Waals surface area contributed by atoms with Crippen LogP contribution >= 0.6 is 0 Å². The van der Waals surface area contributed by atoms with Gasteiger partial charge in [-0.2, -0.15) is 5.10 Å². The molecule has 3 rings (SSSR count). The lowest BCUT2D eigenvalue weighted by Crippen LogP contribution is -2.41. The number of aromatic nitrogens is 2. The Bertz CT molecular complexity index is 733. The molecular formula is C17H24N4O6. The predicted molar refractivity (Wildman–Crippen MR) is 93.3 cm³/mol. The zero-order chi connectivity index (χ0) is 19.6. The second-order valence-electron chi connectivity index (χ2n) is 6.67. The number of anilines is 1. The van der Waals surface area contributed by atoms with E-state index in [2.05, 4.69) is 15.7 Å². The average Bonchev–Trinajstić information content (AvgIpc) is 3.35. The number of nitrogens with zero attached hydrogens (tertiary/aromatic N) is 2. The summed E-state index contributed by atoms with van der Waals surface area (Å²) in [4.78, 5) is 36.7. The van der Waals surface area contributed by atoms with Crippen molar-refractivity contribution in [2.45, 2.75) is 38.5 Å². The highest BCUT2D eigenvalue weighted by Gasteiger charge is 2.55. The zero-order valence-corrected chi connectivity index (χ0v) is 15.3. The van der Waals surface area contributed by atoms with E-state index in [4.69, 9.17) is 9.47 Å². The first-order valence-electron chi connectivity index (χ1n) is 9.00. The molecule has 0 radical (unpaired) electrons. The van der Waals surface area contributed by atoms with Crippen molar-refractivity contribution in [1.82, 2.24) is 15.1 Å². The molecule has 10 heteroatoms. The molecule has 0 spiro atoms. The van der Waals surface area contributed by atoms with Crippen molar-refractivity contribution in [2.75, 3.05) is 25.6 Å². The van der Waals surface area contributed by atoms with Crippen LogP contribution in [0.4, 0.5) is 5.69 Å². The Morgan fingerprint density at radius 1 is 1.33 bits per heavy atom. The Morgan fingerprint density at radius 2 is 2.04 bits per heavy atom. The van der Waals surface area contributed by atoms with Gasteiger partial charge in [0, 0.05) is 26.4 Å². The number of aryl methyl sites for hydroxylation is 1. The monoisotopic (exact) mass is 380 g/mol. The number of rotatable bonds is 8. The highest BCUT2D eigenvalue weighted by molar-refractivity contribution is 6.03. The Hall–Kier alpha value is -2.46. The second kappa shape index (κ2) is 8.05. The van der Waals surface area contributed by atoms with Gasteiger partial charge in [-0.25, -0.2) is 0 Å². The fourth-order valence-corrected chi connectivity index (χ4v) is 3.73. The van der Waals surface area contributed by atoms with Crippen LogP contribution in [0.2, 0.25) is 0 Å². The molecule has 0 aromatic carbocycles. The van der Waals surface area contributed by atoms with Crippen molar-refractivity contribution in [1.29, 1.82) is 0 Å². The van der Waals surface area contributed by atoms with Crippen LogP contribution in [0.1, 0.15) is 30.3 Å². The molecule has 1 aromatic rings. The van der Waals surface area contributed by atoms with Crippen molar-refractivity contribution in [2.24, 2.45) is 11.8 Å². The SMILES string of the molecule is CCn1cc(NC(=O)[C@@H]2[C@@H](C(=O)O)[C@H]3CC[C@H]2O3)c(C(=O)NCCOC)n1. The maximum Gasteiger partial charge on any atom is 0.310 e. The number of amides is 2. The van der Waals surface area contributed by atoms with E-state index in [9.17, 15) is 19.5 Å². The number of carboxylic acids is 1. The summed E-state index contributed by atoms with van der Waals surface area (Å²) in [5.74, 6) is -3.59. The van der Waals surface area contributed by atoms with Crippen LogP contribution < -0.4 is 10.6 Å². The molecule has 4 atom stereocenters. The van der Waals surface area contributed by atoms with E-state index in [-0.39, 0.29) is 11.4 Å². The van der Waals surface area contributed by atoms with Crippen LogP contribution in [0, 0.1) is 11.8 Å². The minimum atomic E-state index is -1.04. The largest absolute Gasteiger partial charge is 0.481 e. The van der Waals surface area contributed by atoms with Gasteiger partial charge in [-0.3, -0.25) is 19.1 Å². The second-order valence-corrected chi connectivity index (χ2v) is 6.67. The highest BCUT2D eigenvalue weighted by Crippen LogP contribution is 2.44. The van der Waals surface area contributed by atoms with Crippen molar-refractivity contribution < 1.29 is 29.0 Å². The van der Waals surface area contributed by atoms with Gasteiger partial charge in [-0.15, -0.1) is 0 Å². The Balaban J connectivity index is 1.76. The van der Waals surface area contributed by atoms with Gasteiger partial charge >= 0.3 is 5.97 Å². The van der Waals surface area contributed by atoms with Gasteiger partial charge in [-0.1, -0.05) is 0 Å². The molecule has 2 bridgehead atoms. The number of carbonyl (C=O) groups excluding carboxylic acids is 2. The summed E-state index contributed by atoms with van der Waals surface area (Å²) in [6, 6.07) is 0. The molecule has 2 amide bonds. The fourth-order valence-electron chi connectivity index (χ4n) is 3.73. The van der Waals surface area contributed by atoms with E-state index in [1.807, 2.05) is 6.92 Å². The number of hydrogen-bond acceptors (Lipinski definition) is 6. The fraction of sp³-hybridized carbons (Fsp3) is 0.647. The van der Waals surface area contributed by atoms with Gasteiger partial charge in [-0.05, 0) is 19.8 Å². The molecular weight excluding hydrogens is 356 g/mol. The summed E-state index contributed by atoms with van der Waals surface area (Å²) in [6.45, 7) is 3.03. The summed E-state index contributed by atoms with van der Waals surface area (Å²) in [6.07, 6.45) is 2.03. The third-order valence-electron chi connectivity index (χ3n) is 5.01. The van der Waals surface area contributed by atoms with E-state index in [0.717, 1.165) is 0 Å². The molecule has 27 heavy (non-hydrogen) atoms. The molecule has 2 fully saturated rings. The average molecular weight is 380 g/mol. The minimum absolute atomic E-state index is 0.0808. The van der Waals surface area contributed by atoms with Crippen molar-refractivity contribution in [3.05, 3.63) is 11.9 Å². The number of nitrogens with one attached hydrogen (secondary N) is 2. The molecule has 148 valence electrons. The summed E-state index contributed by atoms with van der Waals surface area (Å²) in [5, 5.41) is 19.0. The number of methoxy groups -OCH3 is 1. The van der Waals surface area contributed by atoms with Crippen LogP contribution in [-0.2, 0) is 25.6 Å². The summed E-state index contributed by atoms with van der Waals surface area (Å²) in [7, 11) is 1.53. The maximum absolute atomic E-state index is 12.8. The molecule has 2 saturated heterocycles. The minimum Gasteiger partial charge on any atom is -0.481 e. The van der Waals surface area contributed by atoms with Gasteiger partial charge in [0.25, 0.3) is 5.91 Å². The first-order valence-corrected chi connectivity index (χ1v) is 9.00. The van der Waals surface area contributed by atoms with E-state index in [0.29, 0.717) is 32.5 Å². The number of fused-ring (bicyclic) bond motifs is 2. The van der Waals surface area contributed by atoms with E-state index >= 15 is 0 Å². The quantitative estimate of drug-likeness (QED) is 0.545. The third-order valence-corrected chi connectivity index (χ3v) is 5.01. The Labute approximate surface area is 156 Å². The lowest BCUT2D eigenvalue weighted by atomic mass is 9.78. The molecule has 0 unspecified atom stereocenters. The van der Waals surface area contributed by atoms with Crippen LogP contribution in [-0.4, -0.2) is 65.1 Å². The normalized spacial score (nSPS) is 26.1. The predicted octanol–water partition coefficient (Wildman–Crippen LogP) is 0.0959. The van der Waals surface area contributed by atoms with Crippen molar-refractivity contribution >= 4 is 23.5 Å². The Morgan fingerprint density at radius 3 is 2.67 bits per heavy atom. The standard InChI is InChI=1S/C17H24N4O6/c1-3-21-8-9(14(20-21)16(23)18-6-7-26-2)19-15(22)12-10-4-5-11(27-10)13(12)17(24)25/h8,10-13H,3-7H2,1-2H3,(H,18,23)(H,19,22)(H,24,25)/t10-,11-,12+,13+/m1/s1. The zero-order valence-electron chi connectivity index (χ0n) is 15.3. The summed E-state index contributed by atoms with van der Waals surface area (Å²) < 4.78 is 12.1. The molecule has 1 aromatic heterocycles. The molecule has 0 saturated carbocycles. The van der Waals surface area contributed by atoms with E-state index in [1.54, 1.807) is 6.20 Å². The molecule has 3 heterocycles. The van der Waals surface area contributed by atoms with Gasteiger partial charge in [0.15, 0.2) is 5.69 Å². The summed E-state index contributed by atoms with van der Waals surface area (Å²) in [5.41, 5.74) is 0.334. The van der Waals surface area contributed by atoms with Gasteiger partial charge in [0.2, 0.25) is 5.91 Å². The smallest absolute Gasteiger partial charge is 0.310 e. The van der Waals surface area contributed by atoms with Crippen molar-refractivity contribution in [3.63, 3.8) is 0 Å². The topological polar surface area (TPSA) is 132 Å². The number of carboxylic acid groups (broad SMARTS) is 1. The molecule has 0 aliphatic carbocycles.